The minimum Gasteiger partial charge on any atom is -0.870 e. The molecule has 0 aromatic heterocycles. The first kappa shape index (κ1) is 21.3. The van der Waals surface area contributed by atoms with Gasteiger partial charge in [0, 0.05) is 5.57 Å². The first-order valence-electron chi connectivity index (χ1n) is 6.13. The van der Waals surface area contributed by atoms with Gasteiger partial charge in [-0.3, -0.25) is 4.55 Å². The van der Waals surface area contributed by atoms with Gasteiger partial charge in [0.15, 0.2) is 0 Å². The lowest BCUT2D eigenvalue weighted by Gasteiger charge is -2.29. The molecule has 0 amide bonds. The molecule has 2 N–H and O–H groups in total. The monoisotopic (exact) mass is 311 g/mol. The van der Waals surface area contributed by atoms with Crippen LogP contribution in [0.2, 0.25) is 0 Å². The Labute approximate surface area is 120 Å². The Morgan fingerprint density at radius 1 is 1.25 bits per heavy atom. The van der Waals surface area contributed by atoms with Gasteiger partial charge in [0.1, 0.15) is 5.75 Å². The number of unbranched alkanes of at least 4 members (excludes halogenated alkanes) is 1. The van der Waals surface area contributed by atoms with Crippen molar-refractivity contribution in [3.63, 3.8) is 0 Å². The molecule has 0 aliphatic carbocycles. The number of rotatable bonds is 9. The van der Waals surface area contributed by atoms with Crippen LogP contribution in [-0.2, 0) is 19.6 Å². The van der Waals surface area contributed by atoms with Gasteiger partial charge in [0.25, 0.3) is 10.1 Å². The maximum atomic E-state index is 11.1. The van der Waals surface area contributed by atoms with Crippen LogP contribution in [0.5, 0.6) is 0 Å². The van der Waals surface area contributed by atoms with E-state index in [4.69, 9.17) is 9.29 Å². The Kier molecular flexibility index (Phi) is 9.67. The van der Waals surface area contributed by atoms with Gasteiger partial charge >= 0.3 is 5.97 Å². The molecule has 0 heterocycles. The van der Waals surface area contributed by atoms with Crippen LogP contribution in [-0.4, -0.2) is 68.4 Å². The van der Waals surface area contributed by atoms with Gasteiger partial charge in [-0.15, -0.1) is 0 Å². The van der Waals surface area contributed by atoms with Crippen molar-refractivity contribution in [2.24, 2.45) is 0 Å². The molecule has 7 nitrogen and oxygen atoms in total. The van der Waals surface area contributed by atoms with E-state index in [9.17, 15) is 13.2 Å². The lowest BCUT2D eigenvalue weighted by atomic mass is 10.3. The average molecular weight is 311 g/mol. The van der Waals surface area contributed by atoms with Gasteiger partial charge in [-0.25, -0.2) is 4.79 Å². The maximum Gasteiger partial charge on any atom is 0.333 e. The second-order valence-electron chi connectivity index (χ2n) is 5.29. The summed E-state index contributed by atoms with van der Waals surface area (Å²) in [5, 5.41) is 0. The molecule has 8 heteroatoms. The van der Waals surface area contributed by atoms with Crippen molar-refractivity contribution < 1.29 is 32.5 Å². The number of carbonyl (C=O) groups excluding carboxylic acids is 1. The zero-order valence-electron chi connectivity index (χ0n) is 12.3. The molecule has 0 bridgehead atoms. The third-order valence-electron chi connectivity index (χ3n) is 2.69. The third kappa shape index (κ3) is 12.1. The fourth-order valence-corrected chi connectivity index (χ4v) is 2.13. The minimum atomic E-state index is -3.91. The smallest absolute Gasteiger partial charge is 0.333 e. The van der Waals surface area contributed by atoms with Crippen LogP contribution in [0.1, 0.15) is 19.8 Å². The zero-order valence-corrected chi connectivity index (χ0v) is 13.1. The highest BCUT2D eigenvalue weighted by molar-refractivity contribution is 7.85. The Balaban J connectivity index is 0. The van der Waals surface area contributed by atoms with E-state index in [1.165, 1.54) is 0 Å². The van der Waals surface area contributed by atoms with Gasteiger partial charge in [-0.1, -0.05) is 6.58 Å². The van der Waals surface area contributed by atoms with E-state index in [1.54, 1.807) is 6.92 Å². The summed E-state index contributed by atoms with van der Waals surface area (Å²) in [5.74, 6) is -0.634. The number of esters is 1. The van der Waals surface area contributed by atoms with Gasteiger partial charge in [-0.05, 0) is 19.8 Å². The molecule has 0 aromatic carbocycles. The van der Waals surface area contributed by atoms with Gasteiger partial charge < -0.3 is 14.7 Å². The van der Waals surface area contributed by atoms with Crippen LogP contribution >= 0.6 is 0 Å². The molecule has 0 saturated carbocycles. The lowest BCUT2D eigenvalue weighted by Crippen LogP contribution is -2.43. The molecule has 0 saturated heterocycles. The minimum absolute atomic E-state index is 0. The van der Waals surface area contributed by atoms with Crippen LogP contribution in [0.15, 0.2) is 12.2 Å². The molecule has 0 atom stereocenters. The first-order chi connectivity index (χ1) is 8.53. The molecule has 0 unspecified atom stereocenters. The SMILES string of the molecule is C=C(C)C(=O)OCCCC[N+](C)(C)CCS(=O)(=O)O.[OH-]. The highest BCUT2D eigenvalue weighted by atomic mass is 32.2. The highest BCUT2D eigenvalue weighted by Crippen LogP contribution is 2.04. The second kappa shape index (κ2) is 9.06. The largest absolute Gasteiger partial charge is 0.870 e. The number of quaternary nitrogens is 1. The summed E-state index contributed by atoms with van der Waals surface area (Å²) in [4.78, 5) is 11.1. The molecule has 0 radical (unpaired) electrons. The fourth-order valence-electron chi connectivity index (χ4n) is 1.40. The molecule has 20 heavy (non-hydrogen) atoms. The molecule has 0 spiro atoms. The molecule has 120 valence electrons. The Bertz CT molecular complexity index is 416. The number of hydrogen-bond donors (Lipinski definition) is 1. The van der Waals surface area contributed by atoms with Crippen LogP contribution < -0.4 is 0 Å². The normalized spacial score (nSPS) is 11.6. The second-order valence-corrected chi connectivity index (χ2v) is 6.86. The predicted molar refractivity (Wildman–Crippen MR) is 75.2 cm³/mol. The van der Waals surface area contributed by atoms with E-state index in [0.717, 1.165) is 13.0 Å². The average Bonchev–Trinajstić information content (AvgIpc) is 2.24. The van der Waals surface area contributed by atoms with Crippen molar-refractivity contribution in [1.82, 2.24) is 0 Å². The van der Waals surface area contributed by atoms with Gasteiger partial charge in [-0.2, -0.15) is 8.42 Å². The van der Waals surface area contributed by atoms with Crippen LogP contribution in [0.25, 0.3) is 0 Å². The Morgan fingerprint density at radius 2 is 1.80 bits per heavy atom. The molecule has 0 fully saturated rings. The number of ether oxygens (including phenoxy) is 1. The van der Waals surface area contributed by atoms with Gasteiger partial charge in [0.2, 0.25) is 0 Å². The van der Waals surface area contributed by atoms with Crippen LogP contribution in [0.4, 0.5) is 0 Å². The van der Waals surface area contributed by atoms with E-state index in [0.29, 0.717) is 29.6 Å². The third-order valence-corrected chi connectivity index (χ3v) is 3.39. The molecule has 0 rings (SSSR count). The maximum absolute atomic E-state index is 11.1. The molecular weight excluding hydrogens is 286 g/mol. The summed E-state index contributed by atoms with van der Waals surface area (Å²) in [6, 6.07) is 0. The van der Waals surface area contributed by atoms with Crippen molar-refractivity contribution in [2.45, 2.75) is 19.8 Å². The van der Waals surface area contributed by atoms with E-state index >= 15 is 0 Å². The summed E-state index contributed by atoms with van der Waals surface area (Å²) in [5.41, 5.74) is 0.379. The summed E-state index contributed by atoms with van der Waals surface area (Å²) in [6.45, 7) is 6.52. The van der Waals surface area contributed by atoms with E-state index < -0.39 is 10.1 Å². The fraction of sp³-hybridized carbons (Fsp3) is 0.750. The number of carbonyl (C=O) groups is 1. The van der Waals surface area contributed by atoms with Crippen molar-refractivity contribution in [1.29, 1.82) is 0 Å². The Morgan fingerprint density at radius 3 is 2.25 bits per heavy atom. The molecule has 0 aliphatic heterocycles. The van der Waals surface area contributed by atoms with E-state index in [-0.39, 0.29) is 17.2 Å². The first-order valence-corrected chi connectivity index (χ1v) is 7.74. The van der Waals surface area contributed by atoms with Crippen molar-refractivity contribution >= 4 is 16.1 Å². The summed E-state index contributed by atoms with van der Waals surface area (Å²) >= 11 is 0. The highest BCUT2D eigenvalue weighted by Gasteiger charge is 2.18. The topological polar surface area (TPSA) is 111 Å². The summed E-state index contributed by atoms with van der Waals surface area (Å²) in [7, 11) is -0.120. The standard InChI is InChI=1S/C12H23NO5S.H2O/c1-11(2)12(14)18-9-6-5-7-13(3,4)8-10-19(15,16)17;/h1,5-10H2,2-4H3;1H2. The van der Waals surface area contributed by atoms with E-state index in [1.807, 2.05) is 14.1 Å². The quantitative estimate of drug-likeness (QED) is 0.220. The molecular formula is C12H25NO6S. The van der Waals surface area contributed by atoms with Crippen molar-refractivity contribution in [2.75, 3.05) is 39.5 Å². The lowest BCUT2D eigenvalue weighted by molar-refractivity contribution is -0.888. The van der Waals surface area contributed by atoms with Crippen molar-refractivity contribution in [3.05, 3.63) is 12.2 Å². The molecule has 0 aromatic rings. The summed E-state index contributed by atoms with van der Waals surface area (Å²) in [6.07, 6.45) is 1.52. The number of nitrogens with zero attached hydrogens (tertiary/aromatic N) is 1. The van der Waals surface area contributed by atoms with Gasteiger partial charge in [0.05, 0.1) is 33.8 Å². The molecule has 0 aliphatic rings. The summed E-state index contributed by atoms with van der Waals surface area (Å²) < 4.78 is 35.5. The van der Waals surface area contributed by atoms with Crippen LogP contribution in [0.3, 0.4) is 0 Å². The Hall–Kier alpha value is -0.960. The van der Waals surface area contributed by atoms with Crippen LogP contribution in [0, 0.1) is 0 Å². The predicted octanol–water partition coefficient (Wildman–Crippen LogP) is 0.673. The number of hydrogen-bond acceptors (Lipinski definition) is 5. The van der Waals surface area contributed by atoms with E-state index in [2.05, 4.69) is 6.58 Å². The zero-order chi connectivity index (χ0) is 15.1. The van der Waals surface area contributed by atoms with Crippen molar-refractivity contribution in [3.8, 4) is 0 Å².